The van der Waals surface area contributed by atoms with Crippen LogP contribution in [0.15, 0.2) is 18.3 Å². The Hall–Kier alpha value is -1.42. The van der Waals surface area contributed by atoms with E-state index >= 15 is 0 Å². The zero-order valence-electron chi connectivity index (χ0n) is 10.8. The second-order valence-electron chi connectivity index (χ2n) is 2.79. The minimum atomic E-state index is -2.43. The Balaban J connectivity index is 2.41. The van der Waals surface area contributed by atoms with Crippen LogP contribution in [0.5, 0.6) is 5.88 Å². The van der Waals surface area contributed by atoms with Gasteiger partial charge in [-0.2, -0.15) is 0 Å². The molecule has 0 spiro atoms. The van der Waals surface area contributed by atoms with Gasteiger partial charge in [0.15, 0.2) is 6.29 Å². The van der Waals surface area contributed by atoms with Crippen LogP contribution < -0.4 is 4.74 Å². The summed E-state index contributed by atoms with van der Waals surface area (Å²) >= 11 is 0. The van der Waals surface area contributed by atoms with E-state index in [0.29, 0.717) is 17.7 Å². The molecular formula is C10H13NO3. The summed E-state index contributed by atoms with van der Waals surface area (Å²) < 4.78 is 30.6. The van der Waals surface area contributed by atoms with Crippen LogP contribution in [0.2, 0.25) is 0 Å². The molecule has 0 N–H and O–H groups in total. The number of pyridine rings is 1. The van der Waals surface area contributed by atoms with Crippen LogP contribution in [0.3, 0.4) is 0 Å². The fourth-order valence-electron chi connectivity index (χ4n) is 0.784. The number of methoxy groups -OCH3 is 1. The summed E-state index contributed by atoms with van der Waals surface area (Å²) in [5.41, 5.74) is 0.448. The first kappa shape index (κ1) is 6.95. The van der Waals surface area contributed by atoms with E-state index in [2.05, 4.69) is 4.98 Å². The third-order valence-corrected chi connectivity index (χ3v) is 1.56. The van der Waals surface area contributed by atoms with E-state index < -0.39 is 13.1 Å². The smallest absolute Gasteiger partial charge is 0.213 e. The van der Waals surface area contributed by atoms with E-state index in [0.717, 1.165) is 0 Å². The predicted octanol–water partition coefficient (Wildman–Crippen LogP) is 1.31. The molecule has 1 heterocycles. The highest BCUT2D eigenvalue weighted by atomic mass is 16.5. The number of hydrogen-bond acceptors (Lipinski definition) is 4. The van der Waals surface area contributed by atoms with Gasteiger partial charge >= 0.3 is 0 Å². The van der Waals surface area contributed by atoms with Crippen LogP contribution in [0.4, 0.5) is 0 Å². The number of hydrogen-bond donors (Lipinski definition) is 0. The normalized spacial score (nSPS) is 16.2. The fraction of sp³-hybridized carbons (Fsp3) is 0.400. The van der Waals surface area contributed by atoms with Crippen molar-refractivity contribution in [1.29, 1.82) is 0 Å². The Morgan fingerprint density at radius 2 is 2.57 bits per heavy atom. The van der Waals surface area contributed by atoms with Crippen molar-refractivity contribution in [2.24, 2.45) is 0 Å². The van der Waals surface area contributed by atoms with Gasteiger partial charge in [-0.3, -0.25) is 4.79 Å². The molecule has 76 valence electrons. The molecule has 1 atom stereocenters. The Labute approximate surface area is 87.1 Å². The lowest BCUT2D eigenvalue weighted by atomic mass is 10.3. The van der Waals surface area contributed by atoms with E-state index in [1.54, 1.807) is 13.0 Å². The summed E-state index contributed by atoms with van der Waals surface area (Å²) in [5.74, 6) is 0.316. The van der Waals surface area contributed by atoms with Gasteiger partial charge in [0.05, 0.1) is 10.2 Å². The van der Waals surface area contributed by atoms with Gasteiger partial charge in [0.25, 0.3) is 0 Å². The van der Waals surface area contributed by atoms with Crippen LogP contribution in [-0.4, -0.2) is 31.0 Å². The predicted molar refractivity (Wildman–Crippen MR) is 51.6 cm³/mol. The molecule has 0 aliphatic rings. The molecule has 0 saturated carbocycles. The van der Waals surface area contributed by atoms with Gasteiger partial charge in [0.2, 0.25) is 5.88 Å². The topological polar surface area (TPSA) is 48.4 Å². The number of rotatable bonds is 5. The lowest BCUT2D eigenvalue weighted by Gasteiger charge is -2.10. The molecule has 0 amide bonds. The van der Waals surface area contributed by atoms with Crippen molar-refractivity contribution in [3.63, 3.8) is 0 Å². The molecule has 1 aromatic heterocycles. The number of aldehydes is 1. The SMILES string of the molecule is [2H]C([2H])([2H])O[C@H](C)COc1ccc(C=O)cn1. The first-order chi connectivity index (χ1) is 7.90. The molecule has 4 nitrogen and oxygen atoms in total. The van der Waals surface area contributed by atoms with Crippen molar-refractivity contribution in [1.82, 2.24) is 4.98 Å². The maximum absolute atomic E-state index is 10.4. The average molecular weight is 198 g/mol. The van der Waals surface area contributed by atoms with Gasteiger partial charge in [0.1, 0.15) is 6.61 Å². The second kappa shape index (κ2) is 5.34. The lowest BCUT2D eigenvalue weighted by molar-refractivity contribution is 0.0699. The molecule has 0 aliphatic carbocycles. The van der Waals surface area contributed by atoms with Crippen molar-refractivity contribution >= 4 is 6.29 Å². The molecule has 1 rings (SSSR count). The maximum Gasteiger partial charge on any atom is 0.213 e. The van der Waals surface area contributed by atoms with E-state index in [-0.39, 0.29) is 6.61 Å². The molecule has 0 unspecified atom stereocenters. The highest BCUT2D eigenvalue weighted by Crippen LogP contribution is 2.06. The number of nitrogens with zero attached hydrogens (tertiary/aromatic N) is 1. The number of carbonyl (C=O) groups excluding carboxylic acids is 1. The van der Waals surface area contributed by atoms with E-state index in [1.807, 2.05) is 0 Å². The van der Waals surface area contributed by atoms with Crippen LogP contribution in [0.1, 0.15) is 21.4 Å². The third kappa shape index (κ3) is 3.14. The van der Waals surface area contributed by atoms with Crippen LogP contribution in [-0.2, 0) is 4.74 Å². The zero-order chi connectivity index (χ0) is 12.9. The summed E-state index contributed by atoms with van der Waals surface area (Å²) in [5, 5.41) is 0. The first-order valence-electron chi connectivity index (χ1n) is 5.62. The van der Waals surface area contributed by atoms with Crippen LogP contribution in [0, 0.1) is 0 Å². The van der Waals surface area contributed by atoms with Crippen molar-refractivity contribution < 1.29 is 18.4 Å². The largest absolute Gasteiger partial charge is 0.475 e. The highest BCUT2D eigenvalue weighted by molar-refractivity contribution is 5.73. The van der Waals surface area contributed by atoms with Crippen molar-refractivity contribution in [3.8, 4) is 5.88 Å². The summed E-state index contributed by atoms with van der Waals surface area (Å²) in [6, 6.07) is 3.09. The van der Waals surface area contributed by atoms with E-state index in [4.69, 9.17) is 13.6 Å². The summed E-state index contributed by atoms with van der Waals surface area (Å²) in [4.78, 5) is 14.2. The molecule has 0 radical (unpaired) electrons. The molecule has 4 heteroatoms. The van der Waals surface area contributed by atoms with Gasteiger partial charge in [-0.05, 0) is 13.0 Å². The number of aromatic nitrogens is 1. The molecule has 1 aromatic rings. The monoisotopic (exact) mass is 198 g/mol. The summed E-state index contributed by atoms with van der Waals surface area (Å²) in [6.07, 6.45) is 1.48. The Bertz CT molecular complexity index is 364. The number of ether oxygens (including phenoxy) is 2. The highest BCUT2D eigenvalue weighted by Gasteiger charge is 2.01. The summed E-state index contributed by atoms with van der Waals surface area (Å²) in [7, 11) is -2.43. The first-order valence-corrected chi connectivity index (χ1v) is 4.12. The third-order valence-electron chi connectivity index (χ3n) is 1.56. The molecule has 0 aromatic carbocycles. The molecule has 0 bridgehead atoms. The minimum absolute atomic E-state index is 0.0752. The van der Waals surface area contributed by atoms with E-state index in [1.165, 1.54) is 12.3 Å². The molecular weight excluding hydrogens is 182 g/mol. The molecule has 0 fully saturated rings. The van der Waals surface area contributed by atoms with Gasteiger partial charge < -0.3 is 9.47 Å². The Kier molecular flexibility index (Phi) is 2.65. The quantitative estimate of drug-likeness (QED) is 0.669. The molecule has 0 aliphatic heterocycles. The lowest BCUT2D eigenvalue weighted by Crippen LogP contribution is -2.16. The Morgan fingerprint density at radius 3 is 3.14 bits per heavy atom. The zero-order valence-corrected chi connectivity index (χ0v) is 7.77. The van der Waals surface area contributed by atoms with E-state index in [9.17, 15) is 4.79 Å². The van der Waals surface area contributed by atoms with Crippen molar-refractivity contribution in [2.45, 2.75) is 13.0 Å². The fourth-order valence-corrected chi connectivity index (χ4v) is 0.784. The van der Waals surface area contributed by atoms with Gasteiger partial charge in [-0.15, -0.1) is 0 Å². The second-order valence-corrected chi connectivity index (χ2v) is 2.79. The van der Waals surface area contributed by atoms with Crippen LogP contribution in [0.25, 0.3) is 0 Å². The minimum Gasteiger partial charge on any atom is -0.475 e. The van der Waals surface area contributed by atoms with Gasteiger partial charge in [0, 0.05) is 24.9 Å². The standard InChI is InChI=1S/C10H13NO3/c1-8(13-2)7-14-10-4-3-9(6-12)5-11-10/h3-6,8H,7H2,1-2H3/t8-/m1/s1/i2D3. The molecule has 0 saturated heterocycles. The number of carbonyl (C=O) groups is 1. The summed E-state index contributed by atoms with van der Waals surface area (Å²) in [6.45, 7) is 1.66. The Morgan fingerprint density at radius 1 is 1.71 bits per heavy atom. The van der Waals surface area contributed by atoms with Crippen molar-refractivity contribution in [2.75, 3.05) is 13.6 Å². The average Bonchev–Trinajstić information content (AvgIpc) is 2.25. The molecule has 14 heavy (non-hydrogen) atoms. The van der Waals surface area contributed by atoms with Crippen molar-refractivity contribution in [3.05, 3.63) is 23.9 Å². The maximum atomic E-state index is 10.4. The van der Waals surface area contributed by atoms with Gasteiger partial charge in [-0.1, -0.05) is 0 Å². The van der Waals surface area contributed by atoms with Crippen LogP contribution >= 0.6 is 0 Å². The van der Waals surface area contributed by atoms with Gasteiger partial charge in [-0.25, -0.2) is 4.98 Å².